The van der Waals surface area contributed by atoms with Crippen LogP contribution >= 0.6 is 11.8 Å². The number of rotatable bonds is 3. The summed E-state index contributed by atoms with van der Waals surface area (Å²) in [5.74, 6) is 0.745. The Kier molecular flexibility index (Phi) is 5.01. The van der Waals surface area contributed by atoms with Crippen LogP contribution in [0.25, 0.3) is 6.08 Å². The molecule has 0 spiro atoms. The molecule has 0 bridgehead atoms. The van der Waals surface area contributed by atoms with E-state index in [0.29, 0.717) is 0 Å². The standard InChI is InChI=1S/C15H20OS/c1-12(16)17-10-6-8-13-7-5-9-14(11-13)15(2,3)4/h5-9,11H,10H2,1-4H3. The highest BCUT2D eigenvalue weighted by atomic mass is 32.2. The molecule has 1 aromatic carbocycles. The molecule has 0 aromatic heterocycles. The van der Waals surface area contributed by atoms with Crippen LogP contribution in [0.5, 0.6) is 0 Å². The SMILES string of the molecule is CC(=O)SCC=Cc1cccc(C(C)(C)C)c1. The van der Waals surface area contributed by atoms with Gasteiger partial charge in [-0.3, -0.25) is 4.79 Å². The maximum absolute atomic E-state index is 10.8. The molecule has 0 atom stereocenters. The van der Waals surface area contributed by atoms with Crippen LogP contribution in [-0.4, -0.2) is 10.9 Å². The summed E-state index contributed by atoms with van der Waals surface area (Å²) in [6, 6.07) is 8.53. The van der Waals surface area contributed by atoms with Gasteiger partial charge in [-0.1, -0.05) is 69.0 Å². The van der Waals surface area contributed by atoms with Crippen molar-refractivity contribution in [3.63, 3.8) is 0 Å². The number of carbonyl (C=O) groups is 1. The van der Waals surface area contributed by atoms with Gasteiger partial charge in [-0.25, -0.2) is 0 Å². The van der Waals surface area contributed by atoms with Crippen molar-refractivity contribution in [2.45, 2.75) is 33.1 Å². The smallest absolute Gasteiger partial charge is 0.186 e. The molecule has 1 aromatic rings. The van der Waals surface area contributed by atoms with Crippen LogP contribution in [0, 0.1) is 0 Å². The normalized spacial score (nSPS) is 12.0. The summed E-state index contributed by atoms with van der Waals surface area (Å²) < 4.78 is 0. The molecule has 1 rings (SSSR count). The maximum atomic E-state index is 10.8. The molecule has 0 radical (unpaired) electrons. The fourth-order valence-corrected chi connectivity index (χ4v) is 1.89. The third-order valence-electron chi connectivity index (χ3n) is 2.45. The molecule has 0 heterocycles. The highest BCUT2D eigenvalue weighted by molar-refractivity contribution is 8.13. The summed E-state index contributed by atoms with van der Waals surface area (Å²) in [6.07, 6.45) is 4.11. The van der Waals surface area contributed by atoms with E-state index in [2.05, 4.69) is 51.1 Å². The van der Waals surface area contributed by atoms with Gasteiger partial charge in [-0.2, -0.15) is 0 Å². The number of hydrogen-bond donors (Lipinski definition) is 0. The zero-order chi connectivity index (χ0) is 12.9. The van der Waals surface area contributed by atoms with E-state index in [1.807, 2.05) is 6.08 Å². The largest absolute Gasteiger partial charge is 0.288 e. The first-order chi connectivity index (χ1) is 7.89. The Morgan fingerprint density at radius 2 is 2.06 bits per heavy atom. The van der Waals surface area contributed by atoms with Crippen molar-refractivity contribution in [3.8, 4) is 0 Å². The first kappa shape index (κ1) is 14.0. The fraction of sp³-hybridized carbons (Fsp3) is 0.400. The maximum Gasteiger partial charge on any atom is 0.186 e. The molecule has 1 nitrogen and oxygen atoms in total. The van der Waals surface area contributed by atoms with Gasteiger partial charge >= 0.3 is 0 Å². The molecular weight excluding hydrogens is 228 g/mol. The average Bonchev–Trinajstić information content (AvgIpc) is 2.23. The minimum Gasteiger partial charge on any atom is -0.288 e. The van der Waals surface area contributed by atoms with Gasteiger partial charge in [0.2, 0.25) is 0 Å². The molecule has 0 fully saturated rings. The van der Waals surface area contributed by atoms with E-state index in [1.165, 1.54) is 22.9 Å². The molecule has 0 saturated carbocycles. The molecule has 0 N–H and O–H groups in total. The van der Waals surface area contributed by atoms with Crippen LogP contribution in [0.4, 0.5) is 0 Å². The highest BCUT2D eigenvalue weighted by Gasteiger charge is 2.12. The van der Waals surface area contributed by atoms with Gasteiger partial charge in [0.15, 0.2) is 5.12 Å². The van der Waals surface area contributed by atoms with Crippen LogP contribution in [0.15, 0.2) is 30.3 Å². The zero-order valence-electron chi connectivity index (χ0n) is 11.0. The topological polar surface area (TPSA) is 17.1 Å². The van der Waals surface area contributed by atoms with Crippen LogP contribution in [0.1, 0.15) is 38.8 Å². The van der Waals surface area contributed by atoms with Gasteiger partial charge in [0.1, 0.15) is 0 Å². The molecule has 0 aliphatic heterocycles. The number of thioether (sulfide) groups is 1. The Labute approximate surface area is 108 Å². The van der Waals surface area contributed by atoms with E-state index in [0.717, 1.165) is 5.75 Å². The minimum atomic E-state index is 0.165. The van der Waals surface area contributed by atoms with Crippen LogP contribution in [-0.2, 0) is 10.2 Å². The third-order valence-corrected chi connectivity index (χ3v) is 3.21. The second-order valence-corrected chi connectivity index (χ2v) is 6.28. The second-order valence-electron chi connectivity index (χ2n) is 5.08. The molecule has 0 unspecified atom stereocenters. The fourth-order valence-electron chi connectivity index (χ4n) is 1.46. The molecule has 17 heavy (non-hydrogen) atoms. The van der Waals surface area contributed by atoms with E-state index in [9.17, 15) is 4.79 Å². The second kappa shape index (κ2) is 6.06. The van der Waals surface area contributed by atoms with Crippen molar-refractivity contribution in [2.24, 2.45) is 0 Å². The van der Waals surface area contributed by atoms with E-state index in [-0.39, 0.29) is 10.5 Å². The monoisotopic (exact) mass is 248 g/mol. The minimum absolute atomic E-state index is 0.165. The number of benzene rings is 1. The van der Waals surface area contributed by atoms with E-state index in [4.69, 9.17) is 0 Å². The van der Waals surface area contributed by atoms with Gasteiger partial charge in [-0.05, 0) is 16.5 Å². The predicted octanol–water partition coefficient (Wildman–Crippen LogP) is 4.28. The lowest BCUT2D eigenvalue weighted by atomic mass is 9.86. The zero-order valence-corrected chi connectivity index (χ0v) is 11.8. The number of hydrogen-bond acceptors (Lipinski definition) is 2. The van der Waals surface area contributed by atoms with Crippen molar-refractivity contribution in [1.29, 1.82) is 0 Å². The predicted molar refractivity (Wildman–Crippen MR) is 77.3 cm³/mol. The van der Waals surface area contributed by atoms with Crippen molar-refractivity contribution >= 4 is 23.0 Å². The summed E-state index contributed by atoms with van der Waals surface area (Å²) in [6.45, 7) is 8.23. The van der Waals surface area contributed by atoms with Gasteiger partial charge in [0, 0.05) is 12.7 Å². The molecule has 0 amide bonds. The van der Waals surface area contributed by atoms with Crippen LogP contribution < -0.4 is 0 Å². The molecular formula is C15H20OS. The number of carbonyl (C=O) groups excluding carboxylic acids is 1. The summed E-state index contributed by atoms with van der Waals surface area (Å²) >= 11 is 1.33. The highest BCUT2D eigenvalue weighted by Crippen LogP contribution is 2.23. The van der Waals surface area contributed by atoms with Gasteiger partial charge < -0.3 is 0 Å². The quantitative estimate of drug-likeness (QED) is 0.794. The average molecular weight is 248 g/mol. The first-order valence-electron chi connectivity index (χ1n) is 5.80. The van der Waals surface area contributed by atoms with Gasteiger partial charge in [0.25, 0.3) is 0 Å². The first-order valence-corrected chi connectivity index (χ1v) is 6.78. The van der Waals surface area contributed by atoms with Crippen molar-refractivity contribution in [1.82, 2.24) is 0 Å². The van der Waals surface area contributed by atoms with Crippen molar-refractivity contribution < 1.29 is 4.79 Å². The Balaban J connectivity index is 2.69. The van der Waals surface area contributed by atoms with Gasteiger partial charge in [-0.15, -0.1) is 0 Å². The summed E-state index contributed by atoms with van der Waals surface area (Å²) in [4.78, 5) is 10.8. The molecule has 0 aliphatic rings. The lowest BCUT2D eigenvalue weighted by Crippen LogP contribution is -2.10. The Bertz CT molecular complexity index is 413. The molecule has 0 aliphatic carbocycles. The Morgan fingerprint density at radius 1 is 1.35 bits per heavy atom. The lowest BCUT2D eigenvalue weighted by molar-refractivity contribution is -0.109. The van der Waals surface area contributed by atoms with Crippen molar-refractivity contribution in [2.75, 3.05) is 5.75 Å². The van der Waals surface area contributed by atoms with E-state index < -0.39 is 0 Å². The molecule has 92 valence electrons. The lowest BCUT2D eigenvalue weighted by Gasteiger charge is -2.19. The third kappa shape index (κ3) is 5.22. The summed E-state index contributed by atoms with van der Waals surface area (Å²) in [5, 5.41) is 0.165. The Morgan fingerprint density at radius 3 is 2.65 bits per heavy atom. The van der Waals surface area contributed by atoms with E-state index in [1.54, 1.807) is 6.92 Å². The van der Waals surface area contributed by atoms with Crippen molar-refractivity contribution in [3.05, 3.63) is 41.5 Å². The van der Waals surface area contributed by atoms with Crippen LogP contribution in [0.3, 0.4) is 0 Å². The Hall–Kier alpha value is -1.02. The summed E-state index contributed by atoms with van der Waals surface area (Å²) in [7, 11) is 0. The molecule has 2 heteroatoms. The van der Waals surface area contributed by atoms with E-state index >= 15 is 0 Å². The van der Waals surface area contributed by atoms with Gasteiger partial charge in [0.05, 0.1) is 0 Å². The summed E-state index contributed by atoms with van der Waals surface area (Å²) in [5.41, 5.74) is 2.71. The van der Waals surface area contributed by atoms with Crippen LogP contribution in [0.2, 0.25) is 0 Å². The molecule has 0 saturated heterocycles.